The molecule has 0 saturated heterocycles. The molecule has 0 aliphatic rings. The summed E-state index contributed by atoms with van der Waals surface area (Å²) in [6.45, 7) is 4.33. The van der Waals surface area contributed by atoms with Gasteiger partial charge in [-0.2, -0.15) is 12.6 Å². The number of hydrogen-bond acceptors (Lipinski definition) is 1. The van der Waals surface area contributed by atoms with E-state index in [9.17, 15) is 0 Å². The van der Waals surface area contributed by atoms with E-state index in [0.717, 1.165) is 5.75 Å². The van der Waals surface area contributed by atoms with Gasteiger partial charge in [0, 0.05) is 0 Å². The van der Waals surface area contributed by atoms with Gasteiger partial charge in [-0.25, -0.2) is 0 Å². The van der Waals surface area contributed by atoms with Gasteiger partial charge in [-0.05, 0) is 19.1 Å². The minimum absolute atomic E-state index is 1.06. The minimum atomic E-state index is 1.06. The molecule has 0 fully saturated rings. The van der Waals surface area contributed by atoms with Crippen molar-refractivity contribution >= 4 is 12.6 Å². The van der Waals surface area contributed by atoms with Crippen molar-refractivity contribution in [2.24, 2.45) is 0 Å². The van der Waals surface area contributed by atoms with E-state index in [1.165, 1.54) is 44.1 Å². The maximum atomic E-state index is 4.15. The molecule has 1 aromatic carbocycles. The standard InChI is InChI=1S/C8H18S.C7H8/c1-2-3-4-5-6-7-8-9;1-7-5-3-2-4-6-7/h9H,2-8H2,1H3;2-6H,1H3. The van der Waals surface area contributed by atoms with Crippen LogP contribution in [0.3, 0.4) is 0 Å². The summed E-state index contributed by atoms with van der Waals surface area (Å²) in [5.41, 5.74) is 1.32. The first-order chi connectivity index (χ1) is 7.81. The lowest BCUT2D eigenvalue weighted by molar-refractivity contribution is 0.627. The summed E-state index contributed by atoms with van der Waals surface area (Å²) < 4.78 is 0. The van der Waals surface area contributed by atoms with Gasteiger partial charge >= 0.3 is 0 Å². The highest BCUT2D eigenvalue weighted by Gasteiger charge is 1.86. The molecule has 0 aliphatic carbocycles. The Balaban J connectivity index is 0.000000288. The Bertz CT molecular complexity index is 212. The molecule has 0 aliphatic heterocycles. The van der Waals surface area contributed by atoms with Gasteiger partial charge < -0.3 is 0 Å². The molecule has 92 valence electrons. The summed E-state index contributed by atoms with van der Waals surface area (Å²) in [5, 5.41) is 0. The second kappa shape index (κ2) is 12.6. The lowest BCUT2D eigenvalue weighted by Gasteiger charge is -1.95. The van der Waals surface area contributed by atoms with Crippen molar-refractivity contribution in [1.82, 2.24) is 0 Å². The molecule has 0 radical (unpaired) electrons. The Labute approximate surface area is 107 Å². The highest BCUT2D eigenvalue weighted by molar-refractivity contribution is 7.80. The van der Waals surface area contributed by atoms with Gasteiger partial charge in [0.1, 0.15) is 0 Å². The largest absolute Gasteiger partial charge is 0.179 e. The van der Waals surface area contributed by atoms with Crippen LogP contribution in [0.5, 0.6) is 0 Å². The molecule has 0 nitrogen and oxygen atoms in total. The molecule has 0 bridgehead atoms. The van der Waals surface area contributed by atoms with Gasteiger partial charge in [0.05, 0.1) is 0 Å². The molecule has 0 amide bonds. The Hall–Kier alpha value is -0.430. The van der Waals surface area contributed by atoms with E-state index in [2.05, 4.69) is 38.6 Å². The molecule has 0 N–H and O–H groups in total. The maximum absolute atomic E-state index is 4.15. The van der Waals surface area contributed by atoms with Crippen molar-refractivity contribution in [2.75, 3.05) is 5.75 Å². The summed E-state index contributed by atoms with van der Waals surface area (Å²) >= 11 is 4.15. The van der Waals surface area contributed by atoms with Crippen LogP contribution in [0.4, 0.5) is 0 Å². The smallest absolute Gasteiger partial charge is 0.00979 e. The predicted octanol–water partition coefficient (Wildman–Crippen LogP) is 5.27. The first-order valence-corrected chi connectivity index (χ1v) is 7.07. The second-order valence-electron chi connectivity index (χ2n) is 4.15. The molecule has 0 atom stereocenters. The van der Waals surface area contributed by atoms with Crippen LogP contribution >= 0.6 is 12.6 Å². The van der Waals surface area contributed by atoms with Crippen LogP contribution in [0.15, 0.2) is 30.3 Å². The van der Waals surface area contributed by atoms with Crippen LogP contribution in [-0.2, 0) is 0 Å². The number of hydrogen-bond donors (Lipinski definition) is 1. The SMILES string of the molecule is CCCCCCCCS.Cc1ccccc1. The van der Waals surface area contributed by atoms with E-state index in [4.69, 9.17) is 0 Å². The van der Waals surface area contributed by atoms with Gasteiger partial charge in [-0.1, -0.05) is 74.9 Å². The monoisotopic (exact) mass is 238 g/mol. The van der Waals surface area contributed by atoms with E-state index in [-0.39, 0.29) is 0 Å². The molecule has 1 heteroatoms. The van der Waals surface area contributed by atoms with E-state index in [0.29, 0.717) is 0 Å². The normalized spacial score (nSPS) is 9.44. The van der Waals surface area contributed by atoms with Gasteiger partial charge in [0.2, 0.25) is 0 Å². The fourth-order valence-corrected chi connectivity index (χ4v) is 1.65. The summed E-state index contributed by atoms with van der Waals surface area (Å²) in [5.74, 6) is 1.06. The number of aryl methyl sites for hydroxylation is 1. The third-order valence-electron chi connectivity index (χ3n) is 2.45. The summed E-state index contributed by atoms with van der Waals surface area (Å²) in [7, 11) is 0. The molecular weight excluding hydrogens is 212 g/mol. The van der Waals surface area contributed by atoms with Crippen LogP contribution in [0.1, 0.15) is 51.0 Å². The average Bonchev–Trinajstić information content (AvgIpc) is 2.31. The molecule has 0 heterocycles. The summed E-state index contributed by atoms with van der Waals surface area (Å²) in [4.78, 5) is 0. The zero-order valence-electron chi connectivity index (χ0n) is 10.8. The number of thiol groups is 1. The molecule has 0 aromatic heterocycles. The van der Waals surface area contributed by atoms with E-state index < -0.39 is 0 Å². The van der Waals surface area contributed by atoms with E-state index in [1.54, 1.807) is 0 Å². The van der Waals surface area contributed by atoms with Crippen molar-refractivity contribution in [3.05, 3.63) is 35.9 Å². The van der Waals surface area contributed by atoms with Crippen molar-refractivity contribution < 1.29 is 0 Å². The van der Waals surface area contributed by atoms with Crippen molar-refractivity contribution in [2.45, 2.75) is 52.4 Å². The Morgan fingerprint density at radius 2 is 1.44 bits per heavy atom. The maximum Gasteiger partial charge on any atom is -0.00979 e. The van der Waals surface area contributed by atoms with E-state index in [1.807, 2.05) is 18.2 Å². The fourth-order valence-electron chi connectivity index (χ4n) is 1.43. The molecule has 0 spiro atoms. The summed E-state index contributed by atoms with van der Waals surface area (Å²) in [6.07, 6.45) is 8.27. The average molecular weight is 238 g/mol. The topological polar surface area (TPSA) is 0 Å². The Kier molecular flexibility index (Phi) is 12.3. The van der Waals surface area contributed by atoms with E-state index >= 15 is 0 Å². The second-order valence-corrected chi connectivity index (χ2v) is 4.59. The number of benzene rings is 1. The first kappa shape index (κ1) is 15.6. The first-order valence-electron chi connectivity index (χ1n) is 6.43. The van der Waals surface area contributed by atoms with Crippen LogP contribution in [0.25, 0.3) is 0 Å². The molecule has 0 unspecified atom stereocenters. The lowest BCUT2D eigenvalue weighted by atomic mass is 10.1. The highest BCUT2D eigenvalue weighted by atomic mass is 32.1. The molecule has 1 aromatic rings. The lowest BCUT2D eigenvalue weighted by Crippen LogP contribution is -1.78. The molecule has 1 rings (SSSR count). The Morgan fingerprint density at radius 3 is 1.88 bits per heavy atom. The van der Waals surface area contributed by atoms with Crippen molar-refractivity contribution in [3.8, 4) is 0 Å². The summed E-state index contributed by atoms with van der Waals surface area (Å²) in [6, 6.07) is 10.3. The fraction of sp³-hybridized carbons (Fsp3) is 0.600. The third-order valence-corrected chi connectivity index (χ3v) is 2.77. The van der Waals surface area contributed by atoms with Gasteiger partial charge in [0.15, 0.2) is 0 Å². The van der Waals surface area contributed by atoms with Crippen LogP contribution in [-0.4, -0.2) is 5.75 Å². The third kappa shape index (κ3) is 11.6. The van der Waals surface area contributed by atoms with Crippen LogP contribution < -0.4 is 0 Å². The van der Waals surface area contributed by atoms with Crippen LogP contribution in [0.2, 0.25) is 0 Å². The van der Waals surface area contributed by atoms with Gasteiger partial charge in [-0.15, -0.1) is 0 Å². The van der Waals surface area contributed by atoms with Gasteiger partial charge in [0.25, 0.3) is 0 Å². The molecule has 16 heavy (non-hydrogen) atoms. The van der Waals surface area contributed by atoms with Crippen molar-refractivity contribution in [3.63, 3.8) is 0 Å². The van der Waals surface area contributed by atoms with Crippen LogP contribution in [0, 0.1) is 6.92 Å². The predicted molar refractivity (Wildman–Crippen MR) is 78.4 cm³/mol. The minimum Gasteiger partial charge on any atom is -0.179 e. The number of unbranched alkanes of at least 4 members (excludes halogenated alkanes) is 5. The zero-order valence-corrected chi connectivity index (χ0v) is 11.7. The zero-order chi connectivity index (χ0) is 12.1. The number of rotatable bonds is 6. The Morgan fingerprint density at radius 1 is 0.875 bits per heavy atom. The van der Waals surface area contributed by atoms with Gasteiger partial charge in [-0.3, -0.25) is 0 Å². The van der Waals surface area contributed by atoms with Crippen molar-refractivity contribution in [1.29, 1.82) is 0 Å². The molecular formula is C15H26S. The quantitative estimate of drug-likeness (QED) is 0.506. The molecule has 0 saturated carbocycles. The highest BCUT2D eigenvalue weighted by Crippen LogP contribution is 2.04.